The van der Waals surface area contributed by atoms with Crippen LogP contribution >= 0.6 is 0 Å². The van der Waals surface area contributed by atoms with E-state index in [-0.39, 0.29) is 11.3 Å². The van der Waals surface area contributed by atoms with Gasteiger partial charge in [-0.1, -0.05) is 12.5 Å². The number of rotatable bonds is 4. The number of aromatic amines is 1. The van der Waals surface area contributed by atoms with Crippen molar-refractivity contribution in [3.63, 3.8) is 0 Å². The van der Waals surface area contributed by atoms with Crippen molar-refractivity contribution in [3.8, 4) is 0 Å². The molecule has 1 unspecified atom stereocenters. The summed E-state index contributed by atoms with van der Waals surface area (Å²) in [5, 5.41) is 9.78. The Morgan fingerprint density at radius 1 is 1.25 bits per heavy atom. The predicted octanol–water partition coefficient (Wildman–Crippen LogP) is 3.58. The quantitative estimate of drug-likeness (QED) is 0.758. The van der Waals surface area contributed by atoms with Crippen molar-refractivity contribution in [3.05, 3.63) is 48.2 Å². The fraction of sp³-hybridized carbons (Fsp3) is 0.500. The largest absolute Gasteiger partial charge is 0.361 e. The Kier molecular flexibility index (Phi) is 3.46. The van der Waals surface area contributed by atoms with Crippen LogP contribution in [0.25, 0.3) is 10.9 Å². The molecular weight excluding hydrogens is 350 g/mol. The van der Waals surface area contributed by atoms with Gasteiger partial charge >= 0.3 is 0 Å². The van der Waals surface area contributed by atoms with E-state index in [0.717, 1.165) is 47.8 Å². The smallest absolute Gasteiger partial charge is 0.254 e. The molecule has 6 nitrogen and oxygen atoms in total. The second-order valence-corrected chi connectivity index (χ2v) is 8.98. The van der Waals surface area contributed by atoms with E-state index in [1.165, 1.54) is 32.1 Å². The molecule has 1 aliphatic heterocycles. The molecule has 3 heterocycles. The Bertz CT molecular complexity index is 1040. The average molecular weight is 375 g/mol. The van der Waals surface area contributed by atoms with Gasteiger partial charge in [0.1, 0.15) is 12.2 Å². The zero-order valence-electron chi connectivity index (χ0n) is 16.0. The van der Waals surface area contributed by atoms with Crippen molar-refractivity contribution < 1.29 is 4.79 Å². The van der Waals surface area contributed by atoms with E-state index in [0.29, 0.717) is 5.92 Å². The van der Waals surface area contributed by atoms with Crippen molar-refractivity contribution in [2.45, 2.75) is 44.6 Å². The van der Waals surface area contributed by atoms with Crippen molar-refractivity contribution in [2.75, 3.05) is 13.1 Å². The second-order valence-electron chi connectivity index (χ2n) is 8.98. The van der Waals surface area contributed by atoms with Gasteiger partial charge in [0.05, 0.1) is 0 Å². The molecule has 6 rings (SSSR count). The highest BCUT2D eigenvalue weighted by atomic mass is 16.2. The van der Waals surface area contributed by atoms with E-state index in [9.17, 15) is 4.79 Å². The van der Waals surface area contributed by atoms with E-state index in [1.54, 1.807) is 0 Å². The Hall–Kier alpha value is -2.63. The van der Waals surface area contributed by atoms with Crippen LogP contribution in [0.4, 0.5) is 0 Å². The van der Waals surface area contributed by atoms with Gasteiger partial charge < -0.3 is 14.5 Å². The van der Waals surface area contributed by atoms with Gasteiger partial charge in [-0.05, 0) is 55.2 Å². The van der Waals surface area contributed by atoms with Gasteiger partial charge in [-0.25, -0.2) is 0 Å². The minimum atomic E-state index is 0.146. The maximum Gasteiger partial charge on any atom is 0.254 e. The van der Waals surface area contributed by atoms with Gasteiger partial charge in [-0.2, -0.15) is 0 Å². The zero-order valence-corrected chi connectivity index (χ0v) is 16.0. The third kappa shape index (κ3) is 2.43. The van der Waals surface area contributed by atoms with Crippen LogP contribution < -0.4 is 0 Å². The van der Waals surface area contributed by atoms with E-state index in [2.05, 4.69) is 24.6 Å². The van der Waals surface area contributed by atoms with Crippen LogP contribution in [0.5, 0.6) is 0 Å². The number of amides is 1. The molecule has 1 saturated heterocycles. The van der Waals surface area contributed by atoms with E-state index in [4.69, 9.17) is 0 Å². The normalized spacial score (nSPS) is 23.4. The van der Waals surface area contributed by atoms with Crippen LogP contribution in [-0.4, -0.2) is 43.6 Å². The number of aromatic nitrogens is 4. The summed E-state index contributed by atoms with van der Waals surface area (Å²) in [5.74, 6) is 2.34. The number of fused-ring (bicyclic) bond motifs is 1. The van der Waals surface area contributed by atoms with Gasteiger partial charge in [-0.15, -0.1) is 10.2 Å². The first-order valence-corrected chi connectivity index (χ1v) is 10.5. The minimum absolute atomic E-state index is 0.146. The lowest BCUT2D eigenvalue weighted by molar-refractivity contribution is 0.0725. The van der Waals surface area contributed by atoms with Crippen LogP contribution in [-0.2, 0) is 6.54 Å². The topological polar surface area (TPSA) is 66.8 Å². The third-order valence-corrected chi connectivity index (χ3v) is 7.22. The number of hydrogen-bond donors (Lipinski definition) is 1. The highest BCUT2D eigenvalue weighted by Crippen LogP contribution is 2.55. The molecule has 3 fully saturated rings. The molecule has 3 aliphatic rings. The molecule has 144 valence electrons. The Balaban J connectivity index is 1.32. The maximum atomic E-state index is 13.4. The molecular formula is C22H25N5O. The molecule has 1 amide bonds. The lowest BCUT2D eigenvalue weighted by Crippen LogP contribution is -2.38. The molecule has 1 atom stereocenters. The highest BCUT2D eigenvalue weighted by Gasteiger charge is 2.53. The number of carbonyl (C=O) groups excluding carboxylic acids is 1. The fourth-order valence-corrected chi connectivity index (χ4v) is 5.31. The molecule has 0 bridgehead atoms. The molecule has 2 aromatic heterocycles. The van der Waals surface area contributed by atoms with Crippen LogP contribution in [0.15, 0.2) is 36.8 Å². The molecule has 2 aliphatic carbocycles. The summed E-state index contributed by atoms with van der Waals surface area (Å²) >= 11 is 0. The Morgan fingerprint density at radius 3 is 2.93 bits per heavy atom. The van der Waals surface area contributed by atoms with Crippen molar-refractivity contribution in [1.82, 2.24) is 24.6 Å². The van der Waals surface area contributed by atoms with Crippen molar-refractivity contribution in [1.29, 1.82) is 0 Å². The minimum Gasteiger partial charge on any atom is -0.361 e. The predicted molar refractivity (Wildman–Crippen MR) is 106 cm³/mol. The van der Waals surface area contributed by atoms with Gasteiger partial charge in [-0.3, -0.25) is 4.79 Å². The van der Waals surface area contributed by atoms with Crippen LogP contribution in [0.1, 0.15) is 54.2 Å². The number of benzene rings is 1. The lowest BCUT2D eigenvalue weighted by Gasteiger charge is -2.42. The maximum absolute atomic E-state index is 13.4. The lowest BCUT2D eigenvalue weighted by atomic mass is 9.62. The van der Waals surface area contributed by atoms with Gasteiger partial charge in [0.25, 0.3) is 5.91 Å². The summed E-state index contributed by atoms with van der Waals surface area (Å²) in [5.41, 5.74) is 2.01. The molecule has 3 aromatic rings. The summed E-state index contributed by atoms with van der Waals surface area (Å²) in [6.45, 7) is 2.63. The third-order valence-electron chi connectivity index (χ3n) is 7.22. The molecule has 1 aromatic carbocycles. The van der Waals surface area contributed by atoms with Crippen LogP contribution in [0.2, 0.25) is 0 Å². The zero-order chi connectivity index (χ0) is 18.7. The summed E-state index contributed by atoms with van der Waals surface area (Å²) in [4.78, 5) is 18.7. The van der Waals surface area contributed by atoms with E-state index < -0.39 is 0 Å². The Morgan fingerprint density at radius 2 is 2.14 bits per heavy atom. The number of nitrogens with one attached hydrogen (secondary N) is 1. The number of nitrogens with zero attached hydrogens (tertiary/aromatic N) is 4. The monoisotopic (exact) mass is 375 g/mol. The number of hydrogen-bond acceptors (Lipinski definition) is 3. The van der Waals surface area contributed by atoms with E-state index in [1.807, 2.05) is 36.8 Å². The van der Waals surface area contributed by atoms with Crippen molar-refractivity contribution in [2.24, 2.45) is 11.3 Å². The second kappa shape index (κ2) is 5.93. The molecule has 2 saturated carbocycles. The summed E-state index contributed by atoms with van der Waals surface area (Å²) in [7, 11) is 0. The number of likely N-dealkylation sites (tertiary alicyclic amines) is 1. The summed E-state index contributed by atoms with van der Waals surface area (Å²) in [6, 6.07) is 7.94. The van der Waals surface area contributed by atoms with Crippen molar-refractivity contribution >= 4 is 16.8 Å². The molecule has 28 heavy (non-hydrogen) atoms. The first-order valence-electron chi connectivity index (χ1n) is 10.5. The SMILES string of the molecule is O=C(c1cccc2[nH]ccc12)N1CC(c2nncn2CC2CC2)C2(CCC2)C1. The van der Waals surface area contributed by atoms with Gasteiger partial charge in [0, 0.05) is 48.2 Å². The standard InChI is InChI=1S/C22H25N5O/c28-21(17-3-1-4-19-16(17)7-10-23-19)26-12-18(22(13-26)8-2-9-22)20-25-24-14-27(20)11-15-5-6-15/h1,3-4,7,10,14-15,18,23H,2,5-6,8-9,11-13H2. The fourth-order valence-electron chi connectivity index (χ4n) is 5.31. The number of H-pyrrole nitrogens is 1. The van der Waals surface area contributed by atoms with Crippen LogP contribution in [0.3, 0.4) is 0 Å². The highest BCUT2D eigenvalue weighted by molar-refractivity contribution is 6.06. The van der Waals surface area contributed by atoms with Gasteiger partial charge in [0.2, 0.25) is 0 Å². The average Bonchev–Trinajstić information content (AvgIpc) is 3.10. The van der Waals surface area contributed by atoms with Crippen LogP contribution in [0, 0.1) is 11.3 Å². The molecule has 1 N–H and O–H groups in total. The first kappa shape index (κ1) is 16.3. The van der Waals surface area contributed by atoms with Gasteiger partial charge in [0.15, 0.2) is 0 Å². The van der Waals surface area contributed by atoms with E-state index >= 15 is 0 Å². The molecule has 1 spiro atoms. The summed E-state index contributed by atoms with van der Waals surface area (Å²) in [6.07, 6.45) is 10.1. The Labute approximate surface area is 163 Å². The number of carbonyl (C=O) groups is 1. The molecule has 6 heteroatoms. The summed E-state index contributed by atoms with van der Waals surface area (Å²) < 4.78 is 2.27. The first-order chi connectivity index (χ1) is 13.7. The molecule has 0 radical (unpaired) electrons.